The molecule has 0 bridgehead atoms. The highest BCUT2D eigenvalue weighted by Crippen LogP contribution is 2.15. The van der Waals surface area contributed by atoms with Gasteiger partial charge in [-0.15, -0.1) is 0 Å². The molecule has 0 radical (unpaired) electrons. The maximum Gasteiger partial charge on any atom is 0.274 e. The molecule has 8 nitrogen and oxygen atoms in total. The highest BCUT2D eigenvalue weighted by atomic mass is 32.2. The van der Waals surface area contributed by atoms with Gasteiger partial charge < -0.3 is 9.52 Å². The van der Waals surface area contributed by atoms with Crippen LogP contribution < -0.4 is 4.72 Å². The predicted molar refractivity (Wildman–Crippen MR) is 71.8 cm³/mol. The van der Waals surface area contributed by atoms with Gasteiger partial charge in [-0.05, 0) is 17.7 Å². The maximum absolute atomic E-state index is 11.9. The number of hydrogen-bond acceptors (Lipinski definition) is 6. The van der Waals surface area contributed by atoms with Crippen LogP contribution in [0.1, 0.15) is 11.3 Å². The quantitative estimate of drug-likeness (QED) is 0.609. The van der Waals surface area contributed by atoms with Crippen molar-refractivity contribution in [2.45, 2.75) is 18.2 Å². The lowest BCUT2D eigenvalue weighted by Crippen LogP contribution is -2.22. The van der Waals surface area contributed by atoms with E-state index in [1.807, 2.05) is 0 Å². The maximum atomic E-state index is 11.9. The Kier molecular flexibility index (Phi) is 4.36. The van der Waals surface area contributed by atoms with Crippen molar-refractivity contribution in [3.8, 4) is 0 Å². The van der Waals surface area contributed by atoms with Gasteiger partial charge in [0.2, 0.25) is 5.09 Å². The third kappa shape index (κ3) is 3.66. The first-order chi connectivity index (χ1) is 9.92. The molecule has 0 aliphatic carbocycles. The number of non-ortho nitro benzene ring substituents is 1. The predicted octanol–water partition coefficient (Wildman–Crippen LogP) is 1.16. The number of sulfonamides is 1. The molecule has 112 valence electrons. The highest BCUT2D eigenvalue weighted by molar-refractivity contribution is 7.89. The van der Waals surface area contributed by atoms with Crippen molar-refractivity contribution < 1.29 is 22.9 Å². The van der Waals surface area contributed by atoms with Crippen molar-refractivity contribution >= 4 is 15.7 Å². The van der Waals surface area contributed by atoms with Gasteiger partial charge in [0.15, 0.2) is 0 Å². The molecule has 0 atom stereocenters. The third-order valence-electron chi connectivity index (χ3n) is 2.67. The molecule has 0 aliphatic rings. The van der Waals surface area contributed by atoms with Gasteiger partial charge in [0.05, 0.1) is 4.92 Å². The Morgan fingerprint density at radius 2 is 1.86 bits per heavy atom. The van der Waals surface area contributed by atoms with Gasteiger partial charge in [-0.1, -0.05) is 12.1 Å². The summed E-state index contributed by atoms with van der Waals surface area (Å²) in [6, 6.07) is 8.11. The van der Waals surface area contributed by atoms with Crippen LogP contribution in [0.3, 0.4) is 0 Å². The minimum atomic E-state index is -3.84. The molecule has 1 heterocycles. The Hall–Kier alpha value is -2.23. The fourth-order valence-electron chi connectivity index (χ4n) is 1.57. The van der Waals surface area contributed by atoms with Crippen molar-refractivity contribution in [3.05, 3.63) is 57.8 Å². The zero-order valence-corrected chi connectivity index (χ0v) is 11.5. The molecule has 0 fully saturated rings. The summed E-state index contributed by atoms with van der Waals surface area (Å²) in [5.41, 5.74) is 0.498. The summed E-state index contributed by atoms with van der Waals surface area (Å²) >= 11 is 0. The molecule has 2 rings (SSSR count). The number of aliphatic hydroxyl groups is 1. The lowest BCUT2D eigenvalue weighted by Gasteiger charge is -2.04. The molecule has 2 N–H and O–H groups in total. The van der Waals surface area contributed by atoms with Gasteiger partial charge in [0.25, 0.3) is 15.7 Å². The summed E-state index contributed by atoms with van der Waals surface area (Å²) in [5, 5.41) is 19.0. The van der Waals surface area contributed by atoms with Crippen LogP contribution >= 0.6 is 0 Å². The van der Waals surface area contributed by atoms with Crippen LogP contribution in [0.5, 0.6) is 0 Å². The molecule has 0 saturated carbocycles. The Morgan fingerprint density at radius 1 is 1.19 bits per heavy atom. The van der Waals surface area contributed by atoms with E-state index in [2.05, 4.69) is 4.72 Å². The van der Waals surface area contributed by atoms with E-state index in [-0.39, 0.29) is 23.1 Å². The third-order valence-corrected chi connectivity index (χ3v) is 3.94. The van der Waals surface area contributed by atoms with E-state index in [0.717, 1.165) is 0 Å². The summed E-state index contributed by atoms with van der Waals surface area (Å²) in [6.07, 6.45) is 0. The topological polar surface area (TPSA) is 123 Å². The molecule has 0 saturated heterocycles. The summed E-state index contributed by atoms with van der Waals surface area (Å²) in [4.78, 5) is 9.97. The molecule has 0 aliphatic heterocycles. The van der Waals surface area contributed by atoms with Gasteiger partial charge in [-0.25, -0.2) is 13.1 Å². The van der Waals surface area contributed by atoms with Crippen molar-refractivity contribution in [1.82, 2.24) is 4.72 Å². The molecular formula is C12H12N2O6S. The second kappa shape index (κ2) is 6.04. The average molecular weight is 312 g/mol. The number of rotatable bonds is 6. The second-order valence-electron chi connectivity index (χ2n) is 4.13. The standard InChI is InChI=1S/C12H12N2O6S/c15-8-11-5-6-12(20-11)21(18,19)13-7-9-1-3-10(4-2-9)14(16)17/h1-6,13,15H,7-8H2. The summed E-state index contributed by atoms with van der Waals surface area (Å²) in [6.45, 7) is -0.423. The SMILES string of the molecule is O=[N+]([O-])c1ccc(CNS(=O)(=O)c2ccc(CO)o2)cc1. The van der Waals surface area contributed by atoms with Gasteiger partial charge in [-0.2, -0.15) is 0 Å². The molecule has 21 heavy (non-hydrogen) atoms. The lowest BCUT2D eigenvalue weighted by atomic mass is 10.2. The van der Waals surface area contributed by atoms with Crippen LogP contribution in [0.4, 0.5) is 5.69 Å². The van der Waals surface area contributed by atoms with Crippen LogP contribution in [0, 0.1) is 10.1 Å². The van der Waals surface area contributed by atoms with Crippen molar-refractivity contribution in [2.24, 2.45) is 0 Å². The van der Waals surface area contributed by atoms with E-state index in [1.165, 1.54) is 36.4 Å². The minimum absolute atomic E-state index is 0.0323. The van der Waals surface area contributed by atoms with Crippen molar-refractivity contribution in [2.75, 3.05) is 0 Å². The normalized spacial score (nSPS) is 11.5. The van der Waals surface area contributed by atoms with Crippen LogP contribution in [-0.4, -0.2) is 18.4 Å². The van der Waals surface area contributed by atoms with Crippen molar-refractivity contribution in [3.63, 3.8) is 0 Å². The number of furan rings is 1. The number of hydrogen-bond donors (Lipinski definition) is 2. The number of benzene rings is 1. The van der Waals surface area contributed by atoms with E-state index in [9.17, 15) is 18.5 Å². The Bertz CT molecular complexity index is 735. The van der Waals surface area contributed by atoms with E-state index in [0.29, 0.717) is 5.56 Å². The largest absolute Gasteiger partial charge is 0.446 e. The average Bonchev–Trinajstić information content (AvgIpc) is 2.95. The van der Waals surface area contributed by atoms with E-state index < -0.39 is 21.6 Å². The Labute approximate surface area is 120 Å². The summed E-state index contributed by atoms with van der Waals surface area (Å²) in [7, 11) is -3.84. The smallest absolute Gasteiger partial charge is 0.274 e. The number of aliphatic hydroxyl groups excluding tert-OH is 1. The van der Waals surface area contributed by atoms with E-state index in [4.69, 9.17) is 9.52 Å². The Balaban J connectivity index is 2.06. The lowest BCUT2D eigenvalue weighted by molar-refractivity contribution is -0.384. The fraction of sp³-hybridized carbons (Fsp3) is 0.167. The molecular weight excluding hydrogens is 300 g/mol. The number of nitro groups is 1. The number of nitrogens with one attached hydrogen (secondary N) is 1. The van der Waals surface area contributed by atoms with E-state index >= 15 is 0 Å². The summed E-state index contributed by atoms with van der Waals surface area (Å²) in [5.74, 6) is 0.144. The first kappa shape index (κ1) is 15.2. The zero-order chi connectivity index (χ0) is 15.5. The van der Waals surface area contributed by atoms with Crippen molar-refractivity contribution in [1.29, 1.82) is 0 Å². The van der Waals surface area contributed by atoms with Gasteiger partial charge in [-0.3, -0.25) is 10.1 Å². The first-order valence-electron chi connectivity index (χ1n) is 5.85. The number of nitro benzene ring substituents is 1. The monoisotopic (exact) mass is 312 g/mol. The molecule has 1 aromatic heterocycles. The molecule has 1 aromatic carbocycles. The fourth-order valence-corrected chi connectivity index (χ4v) is 2.54. The molecule has 0 amide bonds. The molecule has 9 heteroatoms. The Morgan fingerprint density at radius 3 is 2.38 bits per heavy atom. The van der Waals surface area contributed by atoms with Gasteiger partial charge in [0, 0.05) is 18.7 Å². The first-order valence-corrected chi connectivity index (χ1v) is 7.33. The molecule has 0 spiro atoms. The van der Waals surface area contributed by atoms with Gasteiger partial charge >= 0.3 is 0 Å². The minimum Gasteiger partial charge on any atom is -0.446 e. The number of nitrogens with zero attached hydrogens (tertiary/aromatic N) is 1. The molecule has 2 aromatic rings. The van der Waals surface area contributed by atoms with Gasteiger partial charge in [0.1, 0.15) is 12.4 Å². The highest BCUT2D eigenvalue weighted by Gasteiger charge is 2.18. The zero-order valence-electron chi connectivity index (χ0n) is 10.7. The molecule has 0 unspecified atom stereocenters. The van der Waals surface area contributed by atoms with Crippen LogP contribution in [0.25, 0.3) is 0 Å². The summed E-state index contributed by atoms with van der Waals surface area (Å²) < 4.78 is 31.1. The van der Waals surface area contributed by atoms with Crippen LogP contribution in [0.2, 0.25) is 0 Å². The second-order valence-corrected chi connectivity index (χ2v) is 5.82. The van der Waals surface area contributed by atoms with E-state index in [1.54, 1.807) is 0 Å². The van der Waals surface area contributed by atoms with Crippen LogP contribution in [-0.2, 0) is 23.2 Å². The van der Waals surface area contributed by atoms with Crippen LogP contribution in [0.15, 0.2) is 45.9 Å².